The van der Waals surface area contributed by atoms with Gasteiger partial charge in [-0.15, -0.1) is 0 Å². The summed E-state index contributed by atoms with van der Waals surface area (Å²) in [6, 6.07) is 8.50. The molecule has 176 valence electrons. The van der Waals surface area contributed by atoms with Crippen LogP contribution in [0.2, 0.25) is 0 Å². The lowest BCUT2D eigenvalue weighted by atomic mass is 10.1. The van der Waals surface area contributed by atoms with Gasteiger partial charge in [0.05, 0.1) is 38.3 Å². The minimum absolute atomic E-state index is 0.101. The number of methoxy groups -OCH3 is 2. The number of nitrogens with one attached hydrogen (secondary N) is 2. The number of carbonyl (C=O) groups excluding carboxylic acids is 2. The predicted molar refractivity (Wildman–Crippen MR) is 126 cm³/mol. The van der Waals surface area contributed by atoms with Crippen molar-refractivity contribution >= 4 is 29.1 Å². The Morgan fingerprint density at radius 2 is 1.88 bits per heavy atom. The van der Waals surface area contributed by atoms with Gasteiger partial charge in [-0.1, -0.05) is 0 Å². The maximum Gasteiger partial charge on any atom is 0.291 e. The van der Waals surface area contributed by atoms with Gasteiger partial charge in [0.25, 0.3) is 11.8 Å². The SMILES string of the molecule is COc1cc2c(cc1OC)C(=O)N(c1ccc(C(=O)Nc3cnccc3N3CCNCC3)o1)C2. The third-order valence-electron chi connectivity index (χ3n) is 6.00. The Morgan fingerprint density at radius 1 is 1.12 bits per heavy atom. The number of pyridine rings is 1. The first-order valence-electron chi connectivity index (χ1n) is 11.0. The van der Waals surface area contributed by atoms with E-state index in [1.165, 1.54) is 12.0 Å². The summed E-state index contributed by atoms with van der Waals surface area (Å²) in [6.45, 7) is 3.73. The minimum Gasteiger partial charge on any atom is -0.493 e. The normalized spacial score (nSPS) is 15.3. The largest absolute Gasteiger partial charge is 0.493 e. The number of hydrogen-bond acceptors (Lipinski definition) is 8. The van der Waals surface area contributed by atoms with Crippen LogP contribution in [0.4, 0.5) is 17.3 Å². The second kappa shape index (κ2) is 9.06. The molecule has 4 heterocycles. The molecule has 2 amide bonds. The van der Waals surface area contributed by atoms with E-state index in [1.807, 2.05) is 6.07 Å². The fraction of sp³-hybridized carbons (Fsp3) is 0.292. The highest BCUT2D eigenvalue weighted by Crippen LogP contribution is 2.37. The fourth-order valence-corrected chi connectivity index (χ4v) is 4.26. The third kappa shape index (κ3) is 3.92. The first-order chi connectivity index (χ1) is 16.6. The van der Waals surface area contributed by atoms with Crippen LogP contribution in [0.5, 0.6) is 11.5 Å². The number of amides is 2. The summed E-state index contributed by atoms with van der Waals surface area (Å²) in [5.41, 5.74) is 2.82. The van der Waals surface area contributed by atoms with Crippen LogP contribution in [-0.4, -0.2) is 57.2 Å². The molecule has 5 rings (SSSR count). The number of benzene rings is 1. The number of hydrogen-bond donors (Lipinski definition) is 2. The Balaban J connectivity index is 1.34. The molecule has 10 heteroatoms. The molecule has 0 spiro atoms. The first kappa shape index (κ1) is 21.8. The minimum atomic E-state index is -0.414. The average molecular weight is 463 g/mol. The Bertz CT molecular complexity index is 1230. The number of ether oxygens (including phenoxy) is 2. The molecule has 2 aliphatic heterocycles. The molecular formula is C24H25N5O5. The lowest BCUT2D eigenvalue weighted by molar-refractivity contribution is 0.0975. The van der Waals surface area contributed by atoms with Crippen molar-refractivity contribution in [2.45, 2.75) is 6.54 Å². The van der Waals surface area contributed by atoms with Crippen molar-refractivity contribution in [3.05, 3.63) is 59.6 Å². The zero-order chi connectivity index (χ0) is 23.7. The van der Waals surface area contributed by atoms with Gasteiger partial charge < -0.3 is 29.4 Å². The molecular weight excluding hydrogens is 438 g/mol. The van der Waals surface area contributed by atoms with Gasteiger partial charge in [0, 0.05) is 44.0 Å². The monoisotopic (exact) mass is 463 g/mol. The Hall–Kier alpha value is -4.05. The third-order valence-corrected chi connectivity index (χ3v) is 6.00. The second-order valence-electron chi connectivity index (χ2n) is 7.98. The van der Waals surface area contributed by atoms with Crippen LogP contribution in [-0.2, 0) is 6.54 Å². The van der Waals surface area contributed by atoms with Gasteiger partial charge in [-0.3, -0.25) is 19.5 Å². The second-order valence-corrected chi connectivity index (χ2v) is 7.98. The van der Waals surface area contributed by atoms with Crippen LogP contribution in [0.25, 0.3) is 0 Å². The quantitative estimate of drug-likeness (QED) is 0.574. The highest BCUT2D eigenvalue weighted by atomic mass is 16.5. The topological polar surface area (TPSA) is 109 Å². The highest BCUT2D eigenvalue weighted by Gasteiger charge is 2.32. The van der Waals surface area contributed by atoms with Crippen LogP contribution >= 0.6 is 0 Å². The molecule has 10 nitrogen and oxygen atoms in total. The molecule has 1 saturated heterocycles. The van der Waals surface area contributed by atoms with Crippen molar-refractivity contribution in [1.82, 2.24) is 10.3 Å². The molecule has 0 radical (unpaired) electrons. The van der Waals surface area contributed by atoms with Gasteiger partial charge in [-0.2, -0.15) is 0 Å². The molecule has 1 fully saturated rings. The van der Waals surface area contributed by atoms with Crippen LogP contribution in [0.3, 0.4) is 0 Å². The van der Waals surface area contributed by atoms with E-state index >= 15 is 0 Å². The first-order valence-corrected chi connectivity index (χ1v) is 11.0. The molecule has 0 aliphatic carbocycles. The number of aromatic nitrogens is 1. The number of rotatable bonds is 6. The summed E-state index contributed by atoms with van der Waals surface area (Å²) in [4.78, 5) is 33.8. The zero-order valence-electron chi connectivity index (χ0n) is 19.0. The Kier molecular flexibility index (Phi) is 5.81. The van der Waals surface area contributed by atoms with Crippen LogP contribution < -0.4 is 29.9 Å². The van der Waals surface area contributed by atoms with E-state index < -0.39 is 5.91 Å². The summed E-state index contributed by atoms with van der Waals surface area (Å²) in [5, 5.41) is 6.21. The van der Waals surface area contributed by atoms with Gasteiger partial charge in [-0.05, 0) is 29.8 Å². The lowest BCUT2D eigenvalue weighted by Gasteiger charge is -2.30. The van der Waals surface area contributed by atoms with E-state index in [-0.39, 0.29) is 17.6 Å². The summed E-state index contributed by atoms with van der Waals surface area (Å²) >= 11 is 0. The van der Waals surface area contributed by atoms with Crippen molar-refractivity contribution in [2.24, 2.45) is 0 Å². The Morgan fingerprint density at radius 3 is 2.65 bits per heavy atom. The number of furan rings is 1. The highest BCUT2D eigenvalue weighted by molar-refractivity contribution is 6.10. The van der Waals surface area contributed by atoms with Gasteiger partial charge >= 0.3 is 0 Å². The number of anilines is 3. The molecule has 0 saturated carbocycles. The summed E-state index contributed by atoms with van der Waals surface area (Å²) < 4.78 is 16.4. The molecule has 3 aromatic rings. The molecule has 2 aliphatic rings. The number of fused-ring (bicyclic) bond motifs is 1. The zero-order valence-corrected chi connectivity index (χ0v) is 19.0. The standard InChI is InChI=1S/C24H25N5O5/c1-32-20-11-15-14-29(24(31)16(15)12-21(20)33-2)22-4-3-19(34-22)23(30)27-17-13-26-6-5-18(17)28-9-7-25-8-10-28/h3-6,11-13,25H,7-10,14H2,1-2H3,(H,27,30). The summed E-state index contributed by atoms with van der Waals surface area (Å²) in [7, 11) is 3.07. The fourth-order valence-electron chi connectivity index (χ4n) is 4.26. The van der Waals surface area contributed by atoms with Crippen LogP contribution in [0.15, 0.2) is 47.1 Å². The van der Waals surface area contributed by atoms with E-state index in [1.54, 1.807) is 43.8 Å². The number of carbonyl (C=O) groups is 2. The van der Waals surface area contributed by atoms with Gasteiger partial charge in [-0.25, -0.2) is 0 Å². The van der Waals surface area contributed by atoms with Crippen molar-refractivity contribution in [3.8, 4) is 11.5 Å². The molecule has 2 aromatic heterocycles. The molecule has 0 bridgehead atoms. The van der Waals surface area contributed by atoms with E-state index in [0.29, 0.717) is 29.3 Å². The molecule has 2 N–H and O–H groups in total. The van der Waals surface area contributed by atoms with Crippen LogP contribution in [0.1, 0.15) is 26.5 Å². The summed E-state index contributed by atoms with van der Waals surface area (Å²) in [6.07, 6.45) is 3.33. The van der Waals surface area contributed by atoms with Gasteiger partial charge in [0.1, 0.15) is 0 Å². The average Bonchev–Trinajstić information content (AvgIpc) is 3.49. The molecule has 34 heavy (non-hydrogen) atoms. The van der Waals surface area contributed by atoms with E-state index in [2.05, 4.69) is 20.5 Å². The summed E-state index contributed by atoms with van der Waals surface area (Å²) in [5.74, 6) is 0.773. The Labute approximate surface area is 196 Å². The van der Waals surface area contributed by atoms with E-state index in [4.69, 9.17) is 13.9 Å². The molecule has 0 unspecified atom stereocenters. The van der Waals surface area contributed by atoms with Crippen molar-refractivity contribution in [1.29, 1.82) is 0 Å². The molecule has 1 aromatic carbocycles. The van der Waals surface area contributed by atoms with Gasteiger partial charge in [0.15, 0.2) is 17.3 Å². The predicted octanol–water partition coefficient (Wildman–Crippen LogP) is 2.51. The van der Waals surface area contributed by atoms with Crippen molar-refractivity contribution in [3.63, 3.8) is 0 Å². The number of nitrogens with zero attached hydrogens (tertiary/aromatic N) is 3. The van der Waals surface area contributed by atoms with E-state index in [0.717, 1.165) is 37.4 Å². The lowest BCUT2D eigenvalue weighted by Crippen LogP contribution is -2.43. The van der Waals surface area contributed by atoms with Gasteiger partial charge in [0.2, 0.25) is 5.88 Å². The van der Waals surface area contributed by atoms with E-state index in [9.17, 15) is 9.59 Å². The maximum atomic E-state index is 13.0. The van der Waals surface area contributed by atoms with Crippen molar-refractivity contribution < 1.29 is 23.5 Å². The molecule has 0 atom stereocenters. The van der Waals surface area contributed by atoms with Crippen LogP contribution in [0, 0.1) is 0 Å². The number of piperazine rings is 1. The maximum absolute atomic E-state index is 13.0. The smallest absolute Gasteiger partial charge is 0.291 e. The van der Waals surface area contributed by atoms with Crippen molar-refractivity contribution in [2.75, 3.05) is 55.5 Å².